The van der Waals surface area contributed by atoms with Gasteiger partial charge >= 0.3 is 0 Å². The number of ether oxygens (including phenoxy) is 2. The van der Waals surface area contributed by atoms with Crippen molar-refractivity contribution in [2.45, 2.75) is 32.4 Å². The summed E-state index contributed by atoms with van der Waals surface area (Å²) in [5.41, 5.74) is 1.54. The molecule has 0 radical (unpaired) electrons. The molecule has 0 bridgehead atoms. The Kier molecular flexibility index (Phi) is 5.56. The van der Waals surface area contributed by atoms with Crippen LogP contribution in [-0.4, -0.2) is 29.2 Å². The first-order valence-electron chi connectivity index (χ1n) is 8.24. The number of benzene rings is 1. The number of halogens is 1. The summed E-state index contributed by atoms with van der Waals surface area (Å²) in [5.74, 6) is 1.21. The summed E-state index contributed by atoms with van der Waals surface area (Å²) in [6.07, 6.45) is 3.59. The number of hydrogen-bond donors (Lipinski definition) is 0. The van der Waals surface area contributed by atoms with E-state index in [-0.39, 0.29) is 0 Å². The van der Waals surface area contributed by atoms with Crippen molar-refractivity contribution in [1.29, 1.82) is 0 Å². The predicted octanol–water partition coefficient (Wildman–Crippen LogP) is 5.30. The summed E-state index contributed by atoms with van der Waals surface area (Å²) >= 11 is 3.55. The molecule has 0 N–H and O–H groups in total. The van der Waals surface area contributed by atoms with E-state index in [2.05, 4.69) is 45.5 Å². The second-order valence-electron chi connectivity index (χ2n) is 7.09. The zero-order valence-corrected chi connectivity index (χ0v) is 17.3. The fraction of sp³-hybridized carbons (Fsp3) is 0.333. The van der Waals surface area contributed by atoms with Crippen LogP contribution < -0.4 is 4.74 Å². The summed E-state index contributed by atoms with van der Waals surface area (Å²) < 4.78 is 14.4. The van der Waals surface area contributed by atoms with E-state index < -0.39 is 8.07 Å². The molecule has 3 rings (SSSR count). The second kappa shape index (κ2) is 7.68. The van der Waals surface area contributed by atoms with Crippen LogP contribution in [-0.2, 0) is 11.5 Å². The molecule has 0 aliphatic rings. The van der Waals surface area contributed by atoms with E-state index in [0.29, 0.717) is 12.6 Å². The van der Waals surface area contributed by atoms with Crippen molar-refractivity contribution in [3.8, 4) is 11.6 Å². The van der Waals surface area contributed by atoms with Gasteiger partial charge in [0.05, 0.1) is 10.7 Å². The Labute approximate surface area is 157 Å². The standard InChI is InChI=1S/C18H22BrN3O2Si/c1-25(2,3)10-9-23-13-22-12-15(19)17-18(22)20-11-16(21-17)24-14-7-5-4-6-8-14/h4-8,11-12H,9-10,13H2,1-3H3. The van der Waals surface area contributed by atoms with Crippen molar-refractivity contribution < 1.29 is 9.47 Å². The molecule has 0 aliphatic heterocycles. The third-order valence-electron chi connectivity index (χ3n) is 3.69. The van der Waals surface area contributed by atoms with Gasteiger partial charge in [-0.1, -0.05) is 37.8 Å². The smallest absolute Gasteiger partial charge is 0.238 e. The van der Waals surface area contributed by atoms with Gasteiger partial charge in [0.1, 0.15) is 18.0 Å². The number of fused-ring (bicyclic) bond motifs is 1. The molecule has 0 unspecified atom stereocenters. The van der Waals surface area contributed by atoms with Crippen LogP contribution in [0.3, 0.4) is 0 Å². The molecule has 7 heteroatoms. The first-order chi connectivity index (χ1) is 11.9. The summed E-state index contributed by atoms with van der Waals surface area (Å²) in [6.45, 7) is 8.28. The molecule has 0 saturated carbocycles. The molecule has 5 nitrogen and oxygen atoms in total. The Hall–Kier alpha value is -1.70. The average molecular weight is 420 g/mol. The lowest BCUT2D eigenvalue weighted by Crippen LogP contribution is -2.22. The second-order valence-corrected chi connectivity index (χ2v) is 13.6. The first kappa shape index (κ1) is 18.1. The van der Waals surface area contributed by atoms with Crippen molar-refractivity contribution in [3.63, 3.8) is 0 Å². The Bertz CT molecular complexity index is 847. The van der Waals surface area contributed by atoms with E-state index in [1.165, 1.54) is 0 Å². The van der Waals surface area contributed by atoms with Crippen LogP contribution in [0.15, 0.2) is 47.2 Å². The van der Waals surface area contributed by atoms with Gasteiger partial charge in [0.2, 0.25) is 5.88 Å². The summed E-state index contributed by atoms with van der Waals surface area (Å²) in [6, 6.07) is 10.7. The molecule has 0 atom stereocenters. The highest BCUT2D eigenvalue weighted by atomic mass is 79.9. The maximum absolute atomic E-state index is 5.82. The third kappa shape index (κ3) is 4.90. The van der Waals surface area contributed by atoms with E-state index in [1.807, 2.05) is 41.1 Å². The number of rotatable bonds is 7. The average Bonchev–Trinajstić information content (AvgIpc) is 2.88. The maximum Gasteiger partial charge on any atom is 0.238 e. The van der Waals surface area contributed by atoms with Crippen molar-refractivity contribution in [2.24, 2.45) is 0 Å². The van der Waals surface area contributed by atoms with Gasteiger partial charge in [0.25, 0.3) is 0 Å². The molecule has 25 heavy (non-hydrogen) atoms. The number of hydrogen-bond acceptors (Lipinski definition) is 4. The van der Waals surface area contributed by atoms with Gasteiger partial charge in [0.15, 0.2) is 5.65 Å². The van der Waals surface area contributed by atoms with Gasteiger partial charge in [0, 0.05) is 20.9 Å². The lowest BCUT2D eigenvalue weighted by Gasteiger charge is -2.15. The fourth-order valence-corrected chi connectivity index (χ4v) is 3.56. The Morgan fingerprint density at radius 1 is 1.16 bits per heavy atom. The largest absolute Gasteiger partial charge is 0.437 e. The van der Waals surface area contributed by atoms with Crippen LogP contribution in [0.5, 0.6) is 11.6 Å². The van der Waals surface area contributed by atoms with Crippen molar-refractivity contribution in [3.05, 3.63) is 47.2 Å². The molecular formula is C18H22BrN3O2Si. The highest BCUT2D eigenvalue weighted by Gasteiger charge is 2.14. The minimum absolute atomic E-state index is 0.469. The van der Waals surface area contributed by atoms with Crippen LogP contribution >= 0.6 is 15.9 Å². The Balaban J connectivity index is 1.72. The van der Waals surface area contributed by atoms with Crippen LogP contribution in [0.25, 0.3) is 11.2 Å². The normalized spacial score (nSPS) is 11.8. The molecule has 132 valence electrons. The van der Waals surface area contributed by atoms with Gasteiger partial charge in [-0.15, -0.1) is 0 Å². The molecule has 2 heterocycles. The molecule has 0 fully saturated rings. The van der Waals surface area contributed by atoms with Crippen LogP contribution in [0.1, 0.15) is 0 Å². The van der Waals surface area contributed by atoms with Gasteiger partial charge < -0.3 is 14.0 Å². The predicted molar refractivity (Wildman–Crippen MR) is 106 cm³/mol. The molecule has 1 aromatic carbocycles. The van der Waals surface area contributed by atoms with E-state index in [1.54, 1.807) is 6.20 Å². The maximum atomic E-state index is 5.82. The van der Waals surface area contributed by atoms with Crippen molar-refractivity contribution >= 4 is 35.2 Å². The molecule has 0 amide bonds. The molecule has 3 aromatic rings. The molecule has 0 saturated heterocycles. The summed E-state index contributed by atoms with van der Waals surface area (Å²) in [4.78, 5) is 9.06. The highest BCUT2D eigenvalue weighted by Crippen LogP contribution is 2.27. The Morgan fingerprint density at radius 2 is 1.92 bits per heavy atom. The Morgan fingerprint density at radius 3 is 2.64 bits per heavy atom. The number of nitrogens with zero attached hydrogens (tertiary/aromatic N) is 3. The zero-order valence-electron chi connectivity index (χ0n) is 14.7. The number of para-hydroxylation sites is 1. The minimum Gasteiger partial charge on any atom is -0.437 e. The van der Waals surface area contributed by atoms with Gasteiger partial charge in [-0.05, 0) is 34.1 Å². The molecule has 0 spiro atoms. The first-order valence-corrected chi connectivity index (χ1v) is 12.7. The molecule has 0 aliphatic carbocycles. The molecular weight excluding hydrogens is 398 g/mol. The van der Waals surface area contributed by atoms with E-state index in [0.717, 1.165) is 34.0 Å². The van der Waals surface area contributed by atoms with E-state index in [9.17, 15) is 0 Å². The quantitative estimate of drug-likeness (QED) is 0.385. The van der Waals surface area contributed by atoms with E-state index >= 15 is 0 Å². The monoisotopic (exact) mass is 419 g/mol. The van der Waals surface area contributed by atoms with Crippen LogP contribution in [0.4, 0.5) is 0 Å². The SMILES string of the molecule is C[Si](C)(C)CCOCn1cc(Br)c2nc(Oc3ccccc3)cnc21. The van der Waals surface area contributed by atoms with Crippen LogP contribution in [0.2, 0.25) is 25.7 Å². The van der Waals surface area contributed by atoms with Gasteiger partial charge in [-0.3, -0.25) is 0 Å². The fourth-order valence-electron chi connectivity index (χ4n) is 2.29. The summed E-state index contributed by atoms with van der Waals surface area (Å²) in [5, 5.41) is 0. The molecule has 2 aromatic heterocycles. The van der Waals surface area contributed by atoms with Crippen LogP contribution in [0, 0.1) is 0 Å². The van der Waals surface area contributed by atoms with Crippen molar-refractivity contribution in [2.75, 3.05) is 6.61 Å². The summed E-state index contributed by atoms with van der Waals surface area (Å²) in [7, 11) is -1.08. The van der Waals surface area contributed by atoms with Crippen molar-refractivity contribution in [1.82, 2.24) is 14.5 Å². The van der Waals surface area contributed by atoms with E-state index in [4.69, 9.17) is 9.47 Å². The number of aromatic nitrogens is 3. The van der Waals surface area contributed by atoms with Gasteiger partial charge in [-0.2, -0.15) is 0 Å². The zero-order chi connectivity index (χ0) is 17.9. The highest BCUT2D eigenvalue weighted by molar-refractivity contribution is 9.10. The lowest BCUT2D eigenvalue weighted by atomic mass is 10.3. The third-order valence-corrected chi connectivity index (χ3v) is 5.98. The van der Waals surface area contributed by atoms with Gasteiger partial charge in [-0.25, -0.2) is 9.97 Å². The minimum atomic E-state index is -1.08. The topological polar surface area (TPSA) is 49.2 Å². The lowest BCUT2D eigenvalue weighted by molar-refractivity contribution is 0.0898.